The zero-order chi connectivity index (χ0) is 15.8. The standard InChI is InChI=1S/C17H27N3O2/c1-3-18-16(20-13-17(21)9-4-10-17)19-11-12-22-15-7-5-14(2)6-8-15/h5-8,21H,3-4,9-13H2,1-2H3,(H2,18,19,20). The maximum absolute atomic E-state index is 10.1. The molecule has 1 aromatic carbocycles. The highest BCUT2D eigenvalue weighted by molar-refractivity contribution is 5.79. The molecule has 0 heterocycles. The van der Waals surface area contributed by atoms with Crippen LogP contribution in [0.3, 0.4) is 0 Å². The third-order valence-electron chi connectivity index (χ3n) is 3.84. The lowest BCUT2D eigenvalue weighted by molar-refractivity contribution is -0.0236. The van der Waals surface area contributed by atoms with E-state index in [1.807, 2.05) is 31.2 Å². The van der Waals surface area contributed by atoms with E-state index in [0.29, 0.717) is 19.7 Å². The first-order chi connectivity index (χ1) is 10.6. The number of hydrogen-bond acceptors (Lipinski definition) is 3. The minimum Gasteiger partial charge on any atom is -0.492 e. The molecule has 1 aromatic rings. The molecule has 2 rings (SSSR count). The maximum atomic E-state index is 10.1. The zero-order valence-electron chi connectivity index (χ0n) is 13.6. The number of hydrogen-bond donors (Lipinski definition) is 3. The lowest BCUT2D eigenvalue weighted by atomic mass is 9.80. The second-order valence-electron chi connectivity index (χ2n) is 5.86. The Bertz CT molecular complexity index is 481. The fourth-order valence-electron chi connectivity index (χ4n) is 2.28. The molecule has 122 valence electrons. The van der Waals surface area contributed by atoms with Crippen molar-refractivity contribution < 1.29 is 9.84 Å². The number of rotatable bonds is 7. The molecular formula is C17H27N3O2. The van der Waals surface area contributed by atoms with Crippen LogP contribution in [-0.2, 0) is 0 Å². The molecule has 22 heavy (non-hydrogen) atoms. The van der Waals surface area contributed by atoms with E-state index < -0.39 is 5.60 Å². The van der Waals surface area contributed by atoms with Crippen LogP contribution in [0.1, 0.15) is 31.7 Å². The van der Waals surface area contributed by atoms with Gasteiger partial charge < -0.3 is 20.5 Å². The Labute approximate surface area is 132 Å². The summed E-state index contributed by atoms with van der Waals surface area (Å²) in [5.41, 5.74) is 0.641. The van der Waals surface area contributed by atoms with Crippen molar-refractivity contribution in [3.8, 4) is 5.75 Å². The van der Waals surface area contributed by atoms with Crippen molar-refractivity contribution in [2.24, 2.45) is 4.99 Å². The second-order valence-corrected chi connectivity index (χ2v) is 5.86. The molecule has 0 aliphatic heterocycles. The van der Waals surface area contributed by atoms with E-state index in [2.05, 4.69) is 22.5 Å². The number of aliphatic hydroxyl groups is 1. The van der Waals surface area contributed by atoms with E-state index in [1.54, 1.807) is 0 Å². The van der Waals surface area contributed by atoms with Gasteiger partial charge in [0.25, 0.3) is 0 Å². The van der Waals surface area contributed by atoms with Gasteiger partial charge in [-0.1, -0.05) is 17.7 Å². The van der Waals surface area contributed by atoms with Gasteiger partial charge in [-0.3, -0.25) is 4.99 Å². The van der Waals surface area contributed by atoms with E-state index in [0.717, 1.165) is 37.5 Å². The van der Waals surface area contributed by atoms with Crippen molar-refractivity contribution in [2.75, 3.05) is 26.2 Å². The first-order valence-corrected chi connectivity index (χ1v) is 8.05. The minimum atomic E-state index is -0.583. The van der Waals surface area contributed by atoms with Gasteiger partial charge in [-0.25, -0.2) is 0 Å². The topological polar surface area (TPSA) is 65.9 Å². The SMILES string of the molecule is CCNC(=NCC1(O)CCC1)NCCOc1ccc(C)cc1. The Balaban J connectivity index is 1.71. The van der Waals surface area contributed by atoms with Crippen LogP contribution in [0.5, 0.6) is 5.75 Å². The molecule has 0 spiro atoms. The van der Waals surface area contributed by atoms with Gasteiger partial charge >= 0.3 is 0 Å². The van der Waals surface area contributed by atoms with E-state index in [1.165, 1.54) is 5.56 Å². The summed E-state index contributed by atoms with van der Waals surface area (Å²) in [4.78, 5) is 4.45. The summed E-state index contributed by atoms with van der Waals surface area (Å²) < 4.78 is 5.67. The molecule has 0 bridgehead atoms. The predicted octanol–water partition coefficient (Wildman–Crippen LogP) is 1.84. The molecule has 5 heteroatoms. The minimum absolute atomic E-state index is 0.459. The van der Waals surface area contributed by atoms with E-state index >= 15 is 0 Å². The predicted molar refractivity (Wildman–Crippen MR) is 89.5 cm³/mol. The first-order valence-electron chi connectivity index (χ1n) is 8.05. The average Bonchev–Trinajstić information content (AvgIpc) is 2.49. The molecule has 1 aliphatic rings. The molecular weight excluding hydrogens is 278 g/mol. The smallest absolute Gasteiger partial charge is 0.191 e. The molecule has 1 aliphatic carbocycles. The van der Waals surface area contributed by atoms with Crippen LogP contribution < -0.4 is 15.4 Å². The number of nitrogens with zero attached hydrogens (tertiary/aromatic N) is 1. The molecule has 0 unspecified atom stereocenters. The highest BCUT2D eigenvalue weighted by Gasteiger charge is 2.34. The van der Waals surface area contributed by atoms with Crippen LogP contribution >= 0.6 is 0 Å². The van der Waals surface area contributed by atoms with Crippen LogP contribution in [0.25, 0.3) is 0 Å². The Morgan fingerprint density at radius 1 is 1.27 bits per heavy atom. The first kappa shape index (κ1) is 16.6. The highest BCUT2D eigenvalue weighted by atomic mass is 16.5. The van der Waals surface area contributed by atoms with Crippen LogP contribution in [-0.4, -0.2) is 42.9 Å². The van der Waals surface area contributed by atoms with Crippen LogP contribution in [0, 0.1) is 6.92 Å². The van der Waals surface area contributed by atoms with Crippen LogP contribution in [0.15, 0.2) is 29.3 Å². The largest absolute Gasteiger partial charge is 0.492 e. The Morgan fingerprint density at radius 2 is 2.00 bits per heavy atom. The summed E-state index contributed by atoms with van der Waals surface area (Å²) in [7, 11) is 0. The monoisotopic (exact) mass is 305 g/mol. The quantitative estimate of drug-likeness (QED) is 0.408. The second kappa shape index (κ2) is 8.03. The molecule has 0 saturated heterocycles. The van der Waals surface area contributed by atoms with Gasteiger partial charge in [0.1, 0.15) is 12.4 Å². The number of ether oxygens (including phenoxy) is 1. The molecule has 0 aromatic heterocycles. The summed E-state index contributed by atoms with van der Waals surface area (Å²) in [5, 5.41) is 16.5. The fourth-order valence-corrected chi connectivity index (χ4v) is 2.28. The molecule has 5 nitrogen and oxygen atoms in total. The third-order valence-corrected chi connectivity index (χ3v) is 3.84. The summed E-state index contributed by atoms with van der Waals surface area (Å²) in [5.74, 6) is 1.61. The van der Waals surface area contributed by atoms with E-state index in [4.69, 9.17) is 4.74 Å². The number of nitrogens with one attached hydrogen (secondary N) is 2. The van der Waals surface area contributed by atoms with Crippen molar-refractivity contribution >= 4 is 5.96 Å². The number of guanidine groups is 1. The van der Waals surface area contributed by atoms with Gasteiger partial charge in [0.15, 0.2) is 5.96 Å². The summed E-state index contributed by atoms with van der Waals surface area (Å²) in [6, 6.07) is 8.02. The van der Waals surface area contributed by atoms with Crippen molar-refractivity contribution in [1.29, 1.82) is 0 Å². The van der Waals surface area contributed by atoms with Gasteiger partial charge in [0.05, 0.1) is 18.7 Å². The Hall–Kier alpha value is -1.75. The maximum Gasteiger partial charge on any atom is 0.191 e. The van der Waals surface area contributed by atoms with Crippen LogP contribution in [0.2, 0.25) is 0 Å². The summed E-state index contributed by atoms with van der Waals surface area (Å²) in [6.45, 7) is 6.57. The number of benzene rings is 1. The normalized spacial score (nSPS) is 16.8. The molecule has 0 radical (unpaired) electrons. The Kier molecular flexibility index (Phi) is 6.07. The van der Waals surface area contributed by atoms with E-state index in [9.17, 15) is 5.11 Å². The molecule has 0 amide bonds. The molecule has 1 saturated carbocycles. The highest BCUT2D eigenvalue weighted by Crippen LogP contribution is 2.31. The molecule has 3 N–H and O–H groups in total. The van der Waals surface area contributed by atoms with Gasteiger partial charge in [-0.2, -0.15) is 0 Å². The number of aryl methyl sites for hydroxylation is 1. The lowest BCUT2D eigenvalue weighted by Crippen LogP contribution is -2.44. The summed E-state index contributed by atoms with van der Waals surface area (Å²) >= 11 is 0. The number of aliphatic imine (C=N–C) groups is 1. The van der Waals surface area contributed by atoms with Gasteiger partial charge in [0, 0.05) is 6.54 Å². The summed E-state index contributed by atoms with van der Waals surface area (Å²) in [6.07, 6.45) is 2.80. The van der Waals surface area contributed by atoms with Crippen molar-refractivity contribution in [1.82, 2.24) is 10.6 Å². The van der Waals surface area contributed by atoms with Crippen molar-refractivity contribution in [3.05, 3.63) is 29.8 Å². The molecule has 0 atom stereocenters. The Morgan fingerprint density at radius 3 is 2.59 bits per heavy atom. The lowest BCUT2D eigenvalue weighted by Gasteiger charge is -2.35. The van der Waals surface area contributed by atoms with Gasteiger partial charge in [-0.05, 0) is 45.2 Å². The molecule has 1 fully saturated rings. The van der Waals surface area contributed by atoms with Crippen molar-refractivity contribution in [2.45, 2.75) is 38.7 Å². The van der Waals surface area contributed by atoms with Gasteiger partial charge in [0.2, 0.25) is 0 Å². The van der Waals surface area contributed by atoms with Gasteiger partial charge in [-0.15, -0.1) is 0 Å². The van der Waals surface area contributed by atoms with Crippen LogP contribution in [0.4, 0.5) is 0 Å². The average molecular weight is 305 g/mol. The van der Waals surface area contributed by atoms with E-state index in [-0.39, 0.29) is 0 Å². The fraction of sp³-hybridized carbons (Fsp3) is 0.588. The zero-order valence-corrected chi connectivity index (χ0v) is 13.6. The van der Waals surface area contributed by atoms with Crippen molar-refractivity contribution in [3.63, 3.8) is 0 Å². The third kappa shape index (κ3) is 5.22.